The summed E-state index contributed by atoms with van der Waals surface area (Å²) in [5.41, 5.74) is 0.755. The number of anilines is 1. The number of nitrogens with one attached hydrogen (secondary N) is 1. The van der Waals surface area contributed by atoms with Crippen LogP contribution in [-0.2, 0) is 0 Å². The Bertz CT molecular complexity index is 382. The number of carboxylic acids is 1. The molecule has 0 aliphatic heterocycles. The minimum absolute atomic E-state index is 0.192. The van der Waals surface area contributed by atoms with Crippen molar-refractivity contribution in [1.29, 1.82) is 0 Å². The van der Waals surface area contributed by atoms with Crippen molar-refractivity contribution in [3.8, 4) is 0 Å². The topological polar surface area (TPSA) is 69.6 Å². The third kappa shape index (κ3) is 4.63. The fraction of sp³-hybridized carbons (Fsp3) is 0.417. The molecular weight excluding hydrogens is 242 g/mol. The number of aliphatic hydroxyl groups is 1. The van der Waals surface area contributed by atoms with Gasteiger partial charge in [-0.05, 0) is 37.5 Å². The van der Waals surface area contributed by atoms with Gasteiger partial charge in [-0.15, -0.1) is 0 Å². The highest BCUT2D eigenvalue weighted by Gasteiger charge is 2.09. The quantitative estimate of drug-likeness (QED) is 0.657. The first-order valence-electron chi connectivity index (χ1n) is 5.52. The molecule has 0 unspecified atom stereocenters. The fourth-order valence-electron chi connectivity index (χ4n) is 1.49. The molecule has 0 amide bonds. The molecule has 0 aliphatic rings. The largest absolute Gasteiger partial charge is 0.478 e. The molecule has 0 saturated heterocycles. The summed E-state index contributed by atoms with van der Waals surface area (Å²) in [6, 6.07) is 4.65. The predicted octanol–water partition coefficient (Wildman–Crippen LogP) is 2.61. The zero-order chi connectivity index (χ0) is 12.7. The van der Waals surface area contributed by atoms with E-state index in [-0.39, 0.29) is 12.2 Å². The van der Waals surface area contributed by atoms with Gasteiger partial charge in [-0.2, -0.15) is 0 Å². The normalized spacial score (nSPS) is 10.2. The Balaban J connectivity index is 2.56. The average Bonchev–Trinajstić information content (AvgIpc) is 2.28. The average molecular weight is 258 g/mol. The number of hydrogen-bond acceptors (Lipinski definition) is 3. The van der Waals surface area contributed by atoms with Crippen LogP contribution in [-0.4, -0.2) is 29.3 Å². The van der Waals surface area contributed by atoms with Gasteiger partial charge in [0.2, 0.25) is 0 Å². The summed E-state index contributed by atoms with van der Waals surface area (Å²) < 4.78 is 0. The monoisotopic (exact) mass is 257 g/mol. The predicted molar refractivity (Wildman–Crippen MR) is 67.8 cm³/mol. The molecule has 0 aliphatic carbocycles. The first kappa shape index (κ1) is 13.8. The van der Waals surface area contributed by atoms with Crippen LogP contribution in [0.2, 0.25) is 5.02 Å². The molecule has 0 heterocycles. The minimum atomic E-state index is -0.973. The maximum absolute atomic E-state index is 11.0. The lowest BCUT2D eigenvalue weighted by Crippen LogP contribution is -2.07. The Kier molecular flexibility index (Phi) is 5.80. The minimum Gasteiger partial charge on any atom is -0.478 e. The summed E-state index contributed by atoms with van der Waals surface area (Å²) in [7, 11) is 0. The summed E-state index contributed by atoms with van der Waals surface area (Å²) >= 11 is 5.82. The van der Waals surface area contributed by atoms with Gasteiger partial charge >= 0.3 is 5.97 Å². The number of aromatic carboxylic acids is 1. The van der Waals surface area contributed by atoms with Gasteiger partial charge in [0, 0.05) is 18.2 Å². The lowest BCUT2D eigenvalue weighted by atomic mass is 10.1. The number of hydrogen-bond donors (Lipinski definition) is 3. The zero-order valence-electron chi connectivity index (χ0n) is 9.45. The highest BCUT2D eigenvalue weighted by molar-refractivity contribution is 6.31. The van der Waals surface area contributed by atoms with E-state index in [1.807, 2.05) is 0 Å². The molecule has 0 radical (unpaired) electrons. The molecule has 5 heteroatoms. The van der Waals surface area contributed by atoms with E-state index in [1.165, 1.54) is 6.07 Å². The van der Waals surface area contributed by atoms with Crippen LogP contribution in [0.3, 0.4) is 0 Å². The number of unbranched alkanes of at least 4 members (excludes halogenated alkanes) is 2. The Morgan fingerprint density at radius 3 is 2.71 bits per heavy atom. The van der Waals surface area contributed by atoms with Gasteiger partial charge in [-0.3, -0.25) is 0 Å². The lowest BCUT2D eigenvalue weighted by molar-refractivity contribution is 0.0698. The van der Waals surface area contributed by atoms with Crippen LogP contribution in [0.15, 0.2) is 18.2 Å². The van der Waals surface area contributed by atoms with E-state index in [0.29, 0.717) is 17.3 Å². The summed E-state index contributed by atoms with van der Waals surface area (Å²) in [5, 5.41) is 21.2. The van der Waals surface area contributed by atoms with Gasteiger partial charge in [0.25, 0.3) is 0 Å². The maximum atomic E-state index is 11.0. The number of aliphatic hydroxyl groups excluding tert-OH is 1. The first-order chi connectivity index (χ1) is 8.15. The second kappa shape index (κ2) is 7.14. The summed E-state index contributed by atoms with van der Waals surface area (Å²) in [5.74, 6) is -0.973. The molecule has 4 nitrogen and oxygen atoms in total. The number of carbonyl (C=O) groups is 1. The van der Waals surface area contributed by atoms with Crippen molar-refractivity contribution >= 4 is 23.3 Å². The van der Waals surface area contributed by atoms with Crippen molar-refractivity contribution in [2.75, 3.05) is 18.5 Å². The van der Waals surface area contributed by atoms with E-state index < -0.39 is 5.97 Å². The molecule has 0 fully saturated rings. The lowest BCUT2D eigenvalue weighted by Gasteiger charge is -2.09. The SMILES string of the molecule is O=C(O)c1ccc(Cl)cc1NCCCCCO. The van der Waals surface area contributed by atoms with Gasteiger partial charge < -0.3 is 15.5 Å². The molecule has 1 aromatic carbocycles. The van der Waals surface area contributed by atoms with Crippen LogP contribution in [0.25, 0.3) is 0 Å². The van der Waals surface area contributed by atoms with Crippen molar-refractivity contribution < 1.29 is 15.0 Å². The molecular formula is C12H16ClNO3. The van der Waals surface area contributed by atoms with Crippen LogP contribution in [0.1, 0.15) is 29.6 Å². The van der Waals surface area contributed by atoms with Crippen molar-refractivity contribution in [2.45, 2.75) is 19.3 Å². The third-order valence-corrected chi connectivity index (χ3v) is 2.60. The molecule has 3 N–H and O–H groups in total. The van der Waals surface area contributed by atoms with E-state index in [1.54, 1.807) is 12.1 Å². The van der Waals surface area contributed by atoms with E-state index >= 15 is 0 Å². The van der Waals surface area contributed by atoms with Crippen LogP contribution < -0.4 is 5.32 Å². The third-order valence-electron chi connectivity index (χ3n) is 2.36. The number of halogens is 1. The van der Waals surface area contributed by atoms with E-state index in [0.717, 1.165) is 19.3 Å². The molecule has 1 aromatic rings. The number of rotatable bonds is 7. The highest BCUT2D eigenvalue weighted by atomic mass is 35.5. The second-order valence-corrected chi connectivity index (χ2v) is 4.14. The molecule has 1 rings (SSSR count). The first-order valence-corrected chi connectivity index (χ1v) is 5.90. The Labute approximate surface area is 105 Å². The Morgan fingerprint density at radius 2 is 2.06 bits per heavy atom. The van der Waals surface area contributed by atoms with Crippen molar-refractivity contribution in [3.63, 3.8) is 0 Å². The van der Waals surface area contributed by atoms with Crippen LogP contribution in [0, 0.1) is 0 Å². The molecule has 0 aromatic heterocycles. The van der Waals surface area contributed by atoms with Gasteiger partial charge in [0.15, 0.2) is 0 Å². The molecule has 0 atom stereocenters. The van der Waals surface area contributed by atoms with Gasteiger partial charge in [0.05, 0.1) is 11.3 Å². The highest BCUT2D eigenvalue weighted by Crippen LogP contribution is 2.21. The van der Waals surface area contributed by atoms with Gasteiger partial charge in [0.1, 0.15) is 0 Å². The van der Waals surface area contributed by atoms with Gasteiger partial charge in [-0.25, -0.2) is 4.79 Å². The summed E-state index contributed by atoms with van der Waals surface area (Å²) in [4.78, 5) is 11.0. The molecule has 0 saturated carbocycles. The van der Waals surface area contributed by atoms with E-state index in [4.69, 9.17) is 21.8 Å². The Hall–Kier alpha value is -1.26. The van der Waals surface area contributed by atoms with Crippen molar-refractivity contribution in [3.05, 3.63) is 28.8 Å². The Morgan fingerprint density at radius 1 is 1.29 bits per heavy atom. The maximum Gasteiger partial charge on any atom is 0.337 e. The molecule has 17 heavy (non-hydrogen) atoms. The van der Waals surface area contributed by atoms with E-state index in [9.17, 15) is 4.79 Å². The van der Waals surface area contributed by atoms with Crippen LogP contribution in [0.5, 0.6) is 0 Å². The fourth-order valence-corrected chi connectivity index (χ4v) is 1.66. The van der Waals surface area contributed by atoms with Crippen molar-refractivity contribution in [1.82, 2.24) is 0 Å². The van der Waals surface area contributed by atoms with Crippen LogP contribution >= 0.6 is 11.6 Å². The summed E-state index contributed by atoms with van der Waals surface area (Å²) in [6.07, 6.45) is 2.56. The zero-order valence-corrected chi connectivity index (χ0v) is 10.2. The molecule has 0 bridgehead atoms. The standard InChI is InChI=1S/C12H16ClNO3/c13-9-4-5-10(12(16)17)11(8-9)14-6-2-1-3-7-15/h4-5,8,14-15H,1-3,6-7H2,(H,16,17). The van der Waals surface area contributed by atoms with E-state index in [2.05, 4.69) is 5.32 Å². The molecule has 0 spiro atoms. The molecule has 94 valence electrons. The number of carboxylic acid groups (broad SMARTS) is 1. The van der Waals surface area contributed by atoms with Crippen LogP contribution in [0.4, 0.5) is 5.69 Å². The smallest absolute Gasteiger partial charge is 0.337 e. The number of benzene rings is 1. The van der Waals surface area contributed by atoms with Gasteiger partial charge in [-0.1, -0.05) is 11.6 Å². The second-order valence-electron chi connectivity index (χ2n) is 3.71. The van der Waals surface area contributed by atoms with Crippen molar-refractivity contribution in [2.24, 2.45) is 0 Å². The summed E-state index contributed by atoms with van der Waals surface area (Å²) in [6.45, 7) is 0.859.